The van der Waals surface area contributed by atoms with E-state index in [1.807, 2.05) is 17.0 Å². The molecule has 3 aromatic rings. The number of nitrogens with one attached hydrogen (secondary N) is 2. The minimum absolute atomic E-state index is 0.0180. The Morgan fingerprint density at radius 2 is 2.12 bits per heavy atom. The van der Waals surface area contributed by atoms with Crippen LogP contribution >= 0.6 is 0 Å². The van der Waals surface area contributed by atoms with Gasteiger partial charge in [-0.2, -0.15) is 5.10 Å². The van der Waals surface area contributed by atoms with Gasteiger partial charge in [0.15, 0.2) is 0 Å². The number of likely N-dealkylation sites (tertiary alicyclic amines) is 1. The second kappa shape index (κ2) is 9.80. The number of benzene rings is 1. The molecule has 0 aliphatic carbocycles. The zero-order valence-electron chi connectivity index (χ0n) is 19.3. The second-order valence-electron chi connectivity index (χ2n) is 8.88. The van der Waals surface area contributed by atoms with Crippen LogP contribution in [0.25, 0.3) is 11.3 Å². The highest BCUT2D eigenvalue weighted by Crippen LogP contribution is 2.28. The van der Waals surface area contributed by atoms with E-state index in [1.165, 1.54) is 6.07 Å². The highest BCUT2D eigenvalue weighted by molar-refractivity contribution is 5.76. The number of ether oxygens (including phenoxy) is 1. The summed E-state index contributed by atoms with van der Waals surface area (Å²) in [7, 11) is 1.56. The molecule has 4 heterocycles. The number of nitrogens with zero attached hydrogens (tertiary/aromatic N) is 4. The molecule has 0 bridgehead atoms. The lowest BCUT2D eigenvalue weighted by atomic mass is 10.0. The Labute approximate surface area is 198 Å². The number of H-pyrrole nitrogens is 1. The lowest BCUT2D eigenvalue weighted by Crippen LogP contribution is -2.52. The van der Waals surface area contributed by atoms with Crippen molar-refractivity contribution >= 4 is 6.03 Å². The molecule has 1 aromatic carbocycles. The monoisotopic (exact) mass is 464 g/mol. The van der Waals surface area contributed by atoms with Gasteiger partial charge in [0.05, 0.1) is 19.3 Å². The molecule has 2 aliphatic heterocycles. The fourth-order valence-corrected chi connectivity index (χ4v) is 4.91. The molecule has 1 saturated heterocycles. The van der Waals surface area contributed by atoms with E-state index in [9.17, 15) is 9.18 Å². The van der Waals surface area contributed by atoms with Gasteiger partial charge in [0.1, 0.15) is 11.6 Å². The zero-order chi connectivity index (χ0) is 23.5. The molecule has 1 fully saturated rings. The number of carbonyl (C=O) groups excluding carboxylic acids is 1. The van der Waals surface area contributed by atoms with Crippen molar-refractivity contribution in [2.75, 3.05) is 26.7 Å². The molecule has 1 unspecified atom stereocenters. The largest absolute Gasteiger partial charge is 0.496 e. The molecule has 2 aliphatic rings. The number of piperidine rings is 1. The van der Waals surface area contributed by atoms with Crippen LogP contribution in [0.4, 0.5) is 9.18 Å². The summed E-state index contributed by atoms with van der Waals surface area (Å²) < 4.78 is 19.7. The van der Waals surface area contributed by atoms with Gasteiger partial charge >= 0.3 is 6.03 Å². The van der Waals surface area contributed by atoms with Gasteiger partial charge in [0.2, 0.25) is 0 Å². The summed E-state index contributed by atoms with van der Waals surface area (Å²) in [6.45, 7) is 3.15. The molecule has 34 heavy (non-hydrogen) atoms. The predicted molar refractivity (Wildman–Crippen MR) is 126 cm³/mol. The first-order valence-electron chi connectivity index (χ1n) is 11.7. The van der Waals surface area contributed by atoms with Crippen molar-refractivity contribution in [2.45, 2.75) is 38.4 Å². The molecule has 2 N–H and O–H groups in total. The lowest BCUT2D eigenvalue weighted by molar-refractivity contribution is 0.159. The molecule has 8 nitrogen and oxygen atoms in total. The van der Waals surface area contributed by atoms with E-state index in [1.54, 1.807) is 31.6 Å². The molecule has 1 atom stereocenters. The number of amides is 2. The molecule has 0 spiro atoms. The first-order chi connectivity index (χ1) is 16.6. The van der Waals surface area contributed by atoms with Crippen LogP contribution in [0.15, 0.2) is 42.7 Å². The highest BCUT2D eigenvalue weighted by atomic mass is 19.1. The van der Waals surface area contributed by atoms with E-state index in [-0.39, 0.29) is 17.9 Å². The van der Waals surface area contributed by atoms with Gasteiger partial charge in [0, 0.05) is 66.9 Å². The van der Waals surface area contributed by atoms with Crippen LogP contribution in [-0.2, 0) is 19.5 Å². The standard InChI is InChI=1S/C25H29FN6O2/c1-34-23-6-2-5-21(26)19(23)15-31-12-3-4-18(14-31)28-25(33)32-13-9-22-20(16-32)24(30-29-22)17-7-10-27-11-8-17/h2,5-8,10-11,18H,3-4,9,12-16H2,1H3,(H,28,33)(H,29,30). The number of hydrogen-bond donors (Lipinski definition) is 2. The molecule has 9 heteroatoms. The van der Waals surface area contributed by atoms with Crippen molar-refractivity contribution in [3.8, 4) is 17.0 Å². The van der Waals surface area contributed by atoms with Crippen LogP contribution in [-0.4, -0.2) is 63.8 Å². The quantitative estimate of drug-likeness (QED) is 0.605. The summed E-state index contributed by atoms with van der Waals surface area (Å²) in [4.78, 5) is 21.2. The van der Waals surface area contributed by atoms with Crippen molar-refractivity contribution < 1.29 is 13.9 Å². The van der Waals surface area contributed by atoms with E-state index in [4.69, 9.17) is 4.74 Å². The molecule has 2 aromatic heterocycles. The van der Waals surface area contributed by atoms with Gasteiger partial charge in [0.25, 0.3) is 0 Å². The number of aromatic amines is 1. The summed E-state index contributed by atoms with van der Waals surface area (Å²) >= 11 is 0. The number of hydrogen-bond acceptors (Lipinski definition) is 5. The zero-order valence-corrected chi connectivity index (χ0v) is 19.3. The van der Waals surface area contributed by atoms with Gasteiger partial charge < -0.3 is 15.0 Å². The highest BCUT2D eigenvalue weighted by Gasteiger charge is 2.29. The number of rotatable bonds is 5. The third kappa shape index (κ3) is 4.61. The van der Waals surface area contributed by atoms with Crippen LogP contribution in [0, 0.1) is 5.82 Å². The summed E-state index contributed by atoms with van der Waals surface area (Å²) in [5.74, 6) is 0.292. The van der Waals surface area contributed by atoms with E-state index in [0.29, 0.717) is 37.5 Å². The number of fused-ring (bicyclic) bond motifs is 1. The molecular weight excluding hydrogens is 435 g/mol. The van der Waals surface area contributed by atoms with Gasteiger partial charge in [-0.15, -0.1) is 0 Å². The van der Waals surface area contributed by atoms with Gasteiger partial charge in [-0.05, 0) is 43.7 Å². The van der Waals surface area contributed by atoms with Crippen LogP contribution < -0.4 is 10.1 Å². The van der Waals surface area contributed by atoms with Crippen LogP contribution in [0.1, 0.15) is 29.7 Å². The first kappa shape index (κ1) is 22.3. The van der Waals surface area contributed by atoms with E-state index in [2.05, 4.69) is 25.4 Å². The maximum absolute atomic E-state index is 14.4. The van der Waals surface area contributed by atoms with Crippen molar-refractivity contribution in [1.29, 1.82) is 0 Å². The average molecular weight is 465 g/mol. The normalized spacial score (nSPS) is 18.4. The SMILES string of the molecule is COc1cccc(F)c1CN1CCCC(NC(=O)N2CCc3[nH]nc(-c4ccncc4)c3C2)C1. The molecule has 0 saturated carbocycles. The van der Waals surface area contributed by atoms with Crippen LogP contribution in [0.2, 0.25) is 0 Å². The molecule has 0 radical (unpaired) electrons. The number of carbonyl (C=O) groups is 1. The fraction of sp³-hybridized carbons (Fsp3) is 0.400. The number of urea groups is 1. The number of halogens is 1. The summed E-state index contributed by atoms with van der Waals surface area (Å²) in [5.41, 5.74) is 4.56. The second-order valence-corrected chi connectivity index (χ2v) is 8.88. The third-order valence-corrected chi connectivity index (χ3v) is 6.69. The predicted octanol–water partition coefficient (Wildman–Crippen LogP) is 3.35. The average Bonchev–Trinajstić information content (AvgIpc) is 3.29. The first-order valence-corrected chi connectivity index (χ1v) is 11.7. The van der Waals surface area contributed by atoms with E-state index < -0.39 is 0 Å². The fourth-order valence-electron chi connectivity index (χ4n) is 4.91. The summed E-state index contributed by atoms with van der Waals surface area (Å²) in [6, 6.07) is 8.70. The Bertz CT molecular complexity index is 1150. The van der Waals surface area contributed by atoms with Gasteiger partial charge in [-0.25, -0.2) is 9.18 Å². The Morgan fingerprint density at radius 3 is 2.94 bits per heavy atom. The van der Waals surface area contributed by atoms with Crippen LogP contribution in [0.3, 0.4) is 0 Å². The topological polar surface area (TPSA) is 86.4 Å². The van der Waals surface area contributed by atoms with Crippen molar-refractivity contribution in [3.63, 3.8) is 0 Å². The molecule has 5 rings (SSSR count). The van der Waals surface area contributed by atoms with Crippen molar-refractivity contribution in [2.24, 2.45) is 0 Å². The van der Waals surface area contributed by atoms with Gasteiger partial charge in [-0.3, -0.25) is 15.0 Å². The molecule has 2 amide bonds. The van der Waals surface area contributed by atoms with E-state index in [0.717, 1.165) is 48.3 Å². The summed E-state index contributed by atoms with van der Waals surface area (Å²) in [6.07, 6.45) is 6.08. The maximum atomic E-state index is 14.4. The minimum atomic E-state index is -0.264. The lowest BCUT2D eigenvalue weighted by Gasteiger charge is -2.35. The summed E-state index contributed by atoms with van der Waals surface area (Å²) in [5, 5.41) is 10.8. The Balaban J connectivity index is 1.22. The number of methoxy groups -OCH3 is 1. The number of pyridine rings is 1. The van der Waals surface area contributed by atoms with Crippen LogP contribution in [0.5, 0.6) is 5.75 Å². The van der Waals surface area contributed by atoms with Gasteiger partial charge in [-0.1, -0.05) is 6.07 Å². The van der Waals surface area contributed by atoms with Crippen molar-refractivity contribution in [1.82, 2.24) is 30.3 Å². The molecule has 178 valence electrons. The van der Waals surface area contributed by atoms with Crippen molar-refractivity contribution in [3.05, 3.63) is 65.4 Å². The third-order valence-electron chi connectivity index (χ3n) is 6.69. The Kier molecular flexibility index (Phi) is 6.44. The Morgan fingerprint density at radius 1 is 1.26 bits per heavy atom. The molecular formula is C25H29FN6O2. The smallest absolute Gasteiger partial charge is 0.317 e. The maximum Gasteiger partial charge on any atom is 0.317 e. The number of aromatic nitrogens is 3. The minimum Gasteiger partial charge on any atom is -0.496 e. The Hall–Kier alpha value is -3.46. The van der Waals surface area contributed by atoms with E-state index >= 15 is 0 Å².